The van der Waals surface area contributed by atoms with Gasteiger partial charge in [-0.2, -0.15) is 0 Å². The summed E-state index contributed by atoms with van der Waals surface area (Å²) in [5.74, 6) is 1.22. The van der Waals surface area contributed by atoms with Crippen LogP contribution >= 0.6 is 24.0 Å². The molecule has 0 aromatic carbocycles. The van der Waals surface area contributed by atoms with Crippen LogP contribution in [0.5, 0.6) is 0 Å². The molecule has 6 nitrogen and oxygen atoms in total. The highest BCUT2D eigenvalue weighted by Gasteiger charge is 2.59. The van der Waals surface area contributed by atoms with E-state index in [0.717, 1.165) is 19.0 Å². The average Bonchev–Trinajstić information content (AvgIpc) is 2.73. The number of halogens is 1. The van der Waals surface area contributed by atoms with E-state index in [9.17, 15) is 8.42 Å². The van der Waals surface area contributed by atoms with Gasteiger partial charge in [0.25, 0.3) is 0 Å². The van der Waals surface area contributed by atoms with Crippen LogP contribution < -0.4 is 10.6 Å². The highest BCUT2D eigenvalue weighted by atomic mass is 127. The van der Waals surface area contributed by atoms with Gasteiger partial charge in [0.1, 0.15) is 0 Å². The highest BCUT2D eigenvalue weighted by molar-refractivity contribution is 14.0. The van der Waals surface area contributed by atoms with Crippen LogP contribution in [-0.2, 0) is 14.6 Å². The second-order valence-corrected chi connectivity index (χ2v) is 9.01. The van der Waals surface area contributed by atoms with E-state index in [2.05, 4.69) is 15.6 Å². The largest absolute Gasteiger partial charge is 0.378 e. The van der Waals surface area contributed by atoms with Crippen molar-refractivity contribution in [2.75, 3.05) is 25.2 Å². The smallest absolute Gasteiger partial charge is 0.191 e. The number of sulfone groups is 1. The fourth-order valence-electron chi connectivity index (χ4n) is 4.08. The van der Waals surface area contributed by atoms with Gasteiger partial charge in [-0.05, 0) is 32.6 Å². The molecule has 2 N–H and O–H groups in total. The fourth-order valence-corrected chi connectivity index (χ4v) is 5.75. The van der Waals surface area contributed by atoms with Crippen LogP contribution in [0, 0.1) is 5.41 Å². The lowest BCUT2D eigenvalue weighted by atomic mass is 9.51. The first-order chi connectivity index (χ1) is 10.5. The van der Waals surface area contributed by atoms with Crippen LogP contribution in [0.25, 0.3) is 0 Å². The minimum atomic E-state index is -2.87. The number of hydrogen-bond acceptors (Lipinski definition) is 4. The van der Waals surface area contributed by atoms with E-state index in [4.69, 9.17) is 4.74 Å². The molecular weight excluding hydrogens is 429 g/mol. The molecule has 134 valence electrons. The normalized spacial score (nSPS) is 34.2. The van der Waals surface area contributed by atoms with Gasteiger partial charge in [0, 0.05) is 31.2 Å². The molecule has 3 atom stereocenters. The Hall–Kier alpha value is -0.0900. The molecule has 3 aliphatic rings. The number of aliphatic imine (C=N–C) groups is 1. The fraction of sp³-hybridized carbons (Fsp3) is 0.933. The number of ether oxygens (including phenoxy) is 1. The van der Waals surface area contributed by atoms with Crippen LogP contribution in [0.2, 0.25) is 0 Å². The van der Waals surface area contributed by atoms with Crippen molar-refractivity contribution >= 4 is 39.8 Å². The van der Waals surface area contributed by atoms with Gasteiger partial charge in [0.05, 0.1) is 17.6 Å². The van der Waals surface area contributed by atoms with E-state index < -0.39 is 9.84 Å². The van der Waals surface area contributed by atoms with Crippen molar-refractivity contribution in [3.63, 3.8) is 0 Å². The quantitative estimate of drug-likeness (QED) is 0.378. The third-order valence-corrected chi connectivity index (χ3v) is 7.31. The number of guanidine groups is 1. The molecule has 0 aromatic rings. The minimum Gasteiger partial charge on any atom is -0.378 e. The predicted octanol–water partition coefficient (Wildman–Crippen LogP) is 1.30. The van der Waals surface area contributed by atoms with E-state index in [1.165, 1.54) is 19.3 Å². The summed E-state index contributed by atoms with van der Waals surface area (Å²) in [6.07, 6.45) is 5.75. The topological polar surface area (TPSA) is 79.8 Å². The lowest BCUT2D eigenvalue weighted by Crippen LogP contribution is -2.69. The Morgan fingerprint density at radius 2 is 2.09 bits per heavy atom. The molecule has 3 rings (SSSR count). The second kappa shape index (κ2) is 7.43. The summed E-state index contributed by atoms with van der Waals surface area (Å²) in [5.41, 5.74) is 0.273. The third-order valence-electron chi connectivity index (χ3n) is 5.55. The van der Waals surface area contributed by atoms with Gasteiger partial charge in [-0.3, -0.25) is 4.99 Å². The Balaban J connectivity index is 0.00000192. The molecule has 0 amide bonds. The molecule has 1 spiro atoms. The Morgan fingerprint density at radius 3 is 2.57 bits per heavy atom. The number of rotatable bonds is 4. The van der Waals surface area contributed by atoms with Crippen molar-refractivity contribution in [1.82, 2.24) is 10.6 Å². The predicted molar refractivity (Wildman–Crippen MR) is 102 cm³/mol. The molecule has 3 fully saturated rings. The molecule has 23 heavy (non-hydrogen) atoms. The van der Waals surface area contributed by atoms with Gasteiger partial charge in [-0.15, -0.1) is 24.0 Å². The molecule has 1 heterocycles. The summed E-state index contributed by atoms with van der Waals surface area (Å²) in [7, 11) is -1.13. The number of nitrogens with zero attached hydrogens (tertiary/aromatic N) is 1. The molecular formula is C15H28IN3O3S. The van der Waals surface area contributed by atoms with E-state index in [0.29, 0.717) is 18.6 Å². The first-order valence-electron chi connectivity index (χ1n) is 8.31. The summed E-state index contributed by atoms with van der Waals surface area (Å²) in [6, 6.07) is 0.373. The van der Waals surface area contributed by atoms with Gasteiger partial charge in [0.15, 0.2) is 15.8 Å². The zero-order valence-electron chi connectivity index (χ0n) is 13.9. The molecule has 0 aromatic heterocycles. The monoisotopic (exact) mass is 457 g/mol. The molecule has 2 aliphatic carbocycles. The van der Waals surface area contributed by atoms with Crippen molar-refractivity contribution in [1.29, 1.82) is 0 Å². The van der Waals surface area contributed by atoms with E-state index >= 15 is 0 Å². The van der Waals surface area contributed by atoms with Crippen LogP contribution in [0.4, 0.5) is 0 Å². The Morgan fingerprint density at radius 1 is 1.35 bits per heavy atom. The van der Waals surface area contributed by atoms with Gasteiger partial charge < -0.3 is 15.4 Å². The van der Waals surface area contributed by atoms with E-state index in [1.807, 2.05) is 6.92 Å². The first kappa shape index (κ1) is 19.2. The van der Waals surface area contributed by atoms with Crippen molar-refractivity contribution < 1.29 is 13.2 Å². The maximum Gasteiger partial charge on any atom is 0.191 e. The van der Waals surface area contributed by atoms with Gasteiger partial charge >= 0.3 is 0 Å². The van der Waals surface area contributed by atoms with Crippen LogP contribution in [0.3, 0.4) is 0 Å². The van der Waals surface area contributed by atoms with Gasteiger partial charge in [0.2, 0.25) is 0 Å². The molecule has 8 heteroatoms. The molecule has 3 unspecified atom stereocenters. The summed E-state index contributed by atoms with van der Waals surface area (Å²) in [4.78, 5) is 4.27. The Kier molecular flexibility index (Phi) is 6.21. The Bertz CT molecular complexity index is 548. The number of nitrogens with one attached hydrogen (secondary N) is 2. The maximum atomic E-state index is 11.6. The van der Waals surface area contributed by atoms with Gasteiger partial charge in [-0.1, -0.05) is 6.42 Å². The first-order valence-corrected chi connectivity index (χ1v) is 10.1. The molecule has 1 saturated heterocycles. The second-order valence-electron chi connectivity index (χ2n) is 6.78. The lowest BCUT2D eigenvalue weighted by molar-refractivity contribution is -0.168. The maximum absolute atomic E-state index is 11.6. The molecule has 1 aliphatic heterocycles. The molecule has 0 bridgehead atoms. The molecule has 2 saturated carbocycles. The summed E-state index contributed by atoms with van der Waals surface area (Å²) in [5, 5.41) is 6.77. The van der Waals surface area contributed by atoms with Crippen molar-refractivity contribution in [2.24, 2.45) is 10.4 Å². The summed E-state index contributed by atoms with van der Waals surface area (Å²) < 4.78 is 29.0. The van der Waals surface area contributed by atoms with Crippen molar-refractivity contribution in [2.45, 2.75) is 57.2 Å². The summed E-state index contributed by atoms with van der Waals surface area (Å²) in [6.45, 7) is 2.82. The van der Waals surface area contributed by atoms with Crippen LogP contribution in [0.15, 0.2) is 4.99 Å². The third kappa shape index (κ3) is 3.78. The lowest BCUT2D eigenvalue weighted by Gasteiger charge is -2.61. The number of hydrogen-bond donors (Lipinski definition) is 2. The van der Waals surface area contributed by atoms with E-state index in [-0.39, 0.29) is 46.9 Å². The Labute approximate surface area is 156 Å². The minimum absolute atomic E-state index is 0. The van der Waals surface area contributed by atoms with Crippen molar-refractivity contribution in [3.05, 3.63) is 0 Å². The average molecular weight is 457 g/mol. The molecule has 0 radical (unpaired) electrons. The standard InChI is InChI=1S/C15H27N3O3S.HI/c1-3-21-13-9-12(15(13)6-4-7-15)18-14(16-2)17-11-5-8-22(19,20)10-11;/h11-13H,3-10H2,1-2H3,(H2,16,17,18);1H. The van der Waals surface area contributed by atoms with E-state index in [1.54, 1.807) is 7.05 Å². The zero-order valence-corrected chi connectivity index (χ0v) is 17.0. The van der Waals surface area contributed by atoms with Crippen LogP contribution in [0.1, 0.15) is 39.0 Å². The highest BCUT2D eigenvalue weighted by Crippen LogP contribution is 2.57. The van der Waals surface area contributed by atoms with Crippen LogP contribution in [-0.4, -0.2) is 57.7 Å². The van der Waals surface area contributed by atoms with Gasteiger partial charge in [-0.25, -0.2) is 8.42 Å². The summed E-state index contributed by atoms with van der Waals surface area (Å²) >= 11 is 0. The van der Waals surface area contributed by atoms with Crippen molar-refractivity contribution in [3.8, 4) is 0 Å². The SMILES string of the molecule is CCOC1CC(NC(=NC)NC2CCS(=O)(=O)C2)C12CCC2.I. The zero-order chi connectivity index (χ0) is 15.8.